The van der Waals surface area contributed by atoms with Crippen LogP contribution < -0.4 is 0 Å². The van der Waals surface area contributed by atoms with Crippen LogP contribution in [0.4, 0.5) is 13.2 Å². The minimum absolute atomic E-state index is 0.0712. The second-order valence-electron chi connectivity index (χ2n) is 7.45. The summed E-state index contributed by atoms with van der Waals surface area (Å²) in [5.41, 5.74) is 4.60. The molecular weight excluding hydrogens is 377 g/mol. The van der Waals surface area contributed by atoms with Crippen LogP contribution in [0.5, 0.6) is 0 Å². The average molecular weight is 400 g/mol. The van der Waals surface area contributed by atoms with Crippen LogP contribution in [0.25, 0.3) is 22.2 Å². The van der Waals surface area contributed by atoms with Gasteiger partial charge in [-0.05, 0) is 42.2 Å². The van der Waals surface area contributed by atoms with Crippen LogP contribution >= 0.6 is 0 Å². The van der Waals surface area contributed by atoms with Crippen molar-refractivity contribution in [3.63, 3.8) is 0 Å². The summed E-state index contributed by atoms with van der Waals surface area (Å²) >= 11 is 0. The number of carbonyl (C=O) groups excluding carboxylic acids is 1. The number of carbonyl (C=O) groups is 1. The van der Waals surface area contributed by atoms with Crippen LogP contribution in [-0.4, -0.2) is 36.1 Å². The van der Waals surface area contributed by atoms with Gasteiger partial charge in [0.2, 0.25) is 5.91 Å². The van der Waals surface area contributed by atoms with Gasteiger partial charge >= 0.3 is 6.18 Å². The molecule has 152 valence electrons. The van der Waals surface area contributed by atoms with Crippen molar-refractivity contribution in [1.82, 2.24) is 9.88 Å². The molecule has 2 aromatic carbocycles. The number of nitrogens with zero attached hydrogens (tertiary/aromatic N) is 2. The van der Waals surface area contributed by atoms with Crippen molar-refractivity contribution >= 4 is 16.8 Å². The maximum atomic E-state index is 12.6. The second kappa shape index (κ2) is 8.23. The molecule has 0 saturated carbocycles. The van der Waals surface area contributed by atoms with Crippen LogP contribution in [-0.2, 0) is 17.6 Å². The molecule has 3 nitrogen and oxygen atoms in total. The third kappa shape index (κ3) is 5.34. The lowest BCUT2D eigenvalue weighted by Crippen LogP contribution is -2.21. The summed E-state index contributed by atoms with van der Waals surface area (Å²) in [7, 11) is 3.47. The maximum Gasteiger partial charge on any atom is 0.393 e. The summed E-state index contributed by atoms with van der Waals surface area (Å²) in [6, 6.07) is 14.3. The minimum Gasteiger partial charge on any atom is -0.349 e. The summed E-state index contributed by atoms with van der Waals surface area (Å²) in [5, 5.41) is 1.02. The fourth-order valence-electron chi connectivity index (χ4n) is 3.25. The SMILES string of the molecule is Cc1cc(-c2ccc(CC(F)(F)F)cc2)nc2cc(CCC(=O)N(C)C)ccc12. The lowest BCUT2D eigenvalue weighted by atomic mass is 10.0. The molecule has 1 aromatic heterocycles. The number of aromatic nitrogens is 1. The van der Waals surface area contributed by atoms with Crippen LogP contribution in [0.1, 0.15) is 23.1 Å². The number of fused-ring (bicyclic) bond motifs is 1. The van der Waals surface area contributed by atoms with E-state index in [1.54, 1.807) is 31.1 Å². The monoisotopic (exact) mass is 400 g/mol. The molecule has 1 heterocycles. The average Bonchev–Trinajstić information content (AvgIpc) is 2.65. The van der Waals surface area contributed by atoms with E-state index in [4.69, 9.17) is 4.98 Å². The topological polar surface area (TPSA) is 33.2 Å². The molecule has 0 aliphatic heterocycles. The fourth-order valence-corrected chi connectivity index (χ4v) is 3.25. The van der Waals surface area contributed by atoms with Gasteiger partial charge in [0, 0.05) is 31.5 Å². The molecular formula is C23H23F3N2O. The summed E-state index contributed by atoms with van der Waals surface area (Å²) in [6.07, 6.45) is -4.10. The van der Waals surface area contributed by atoms with Gasteiger partial charge in [0.1, 0.15) is 0 Å². The molecule has 0 saturated heterocycles. The number of pyridine rings is 1. The summed E-state index contributed by atoms with van der Waals surface area (Å²) in [4.78, 5) is 18.1. The van der Waals surface area contributed by atoms with E-state index >= 15 is 0 Å². The van der Waals surface area contributed by atoms with Gasteiger partial charge in [-0.15, -0.1) is 0 Å². The number of hydrogen-bond acceptors (Lipinski definition) is 2. The van der Waals surface area contributed by atoms with Crippen LogP contribution in [0, 0.1) is 6.92 Å². The van der Waals surface area contributed by atoms with Crippen molar-refractivity contribution < 1.29 is 18.0 Å². The molecule has 0 N–H and O–H groups in total. The first-order chi connectivity index (χ1) is 13.6. The normalized spacial score (nSPS) is 11.7. The molecule has 6 heteroatoms. The number of benzene rings is 2. The zero-order chi connectivity index (χ0) is 21.2. The zero-order valence-corrected chi connectivity index (χ0v) is 16.7. The van der Waals surface area contributed by atoms with E-state index in [-0.39, 0.29) is 11.5 Å². The van der Waals surface area contributed by atoms with Crippen molar-refractivity contribution in [2.75, 3.05) is 14.1 Å². The molecule has 0 fully saturated rings. The first-order valence-electron chi connectivity index (χ1n) is 9.39. The zero-order valence-electron chi connectivity index (χ0n) is 16.7. The Morgan fingerprint density at radius 3 is 2.28 bits per heavy atom. The van der Waals surface area contributed by atoms with Crippen molar-refractivity contribution in [3.8, 4) is 11.3 Å². The molecule has 0 spiro atoms. The predicted octanol–water partition coefficient (Wildman–Crippen LogP) is 5.34. The van der Waals surface area contributed by atoms with Crippen LogP contribution in [0.2, 0.25) is 0 Å². The maximum absolute atomic E-state index is 12.6. The third-order valence-corrected chi connectivity index (χ3v) is 4.86. The predicted molar refractivity (Wildman–Crippen MR) is 109 cm³/mol. The molecule has 0 atom stereocenters. The third-order valence-electron chi connectivity index (χ3n) is 4.86. The van der Waals surface area contributed by atoms with Gasteiger partial charge in [-0.3, -0.25) is 4.79 Å². The molecule has 0 aliphatic carbocycles. The largest absolute Gasteiger partial charge is 0.393 e. The highest BCUT2D eigenvalue weighted by Crippen LogP contribution is 2.27. The molecule has 0 bridgehead atoms. The quantitative estimate of drug-likeness (QED) is 0.580. The van der Waals surface area contributed by atoms with Gasteiger partial charge in [0.05, 0.1) is 17.6 Å². The number of hydrogen-bond donors (Lipinski definition) is 0. The first-order valence-corrected chi connectivity index (χ1v) is 9.39. The van der Waals surface area contributed by atoms with Gasteiger partial charge in [-0.2, -0.15) is 13.2 Å². The van der Waals surface area contributed by atoms with E-state index in [2.05, 4.69) is 0 Å². The summed E-state index contributed by atoms with van der Waals surface area (Å²) < 4.78 is 37.7. The Labute approximate surface area is 168 Å². The Kier molecular flexibility index (Phi) is 5.91. The number of rotatable bonds is 5. The summed E-state index contributed by atoms with van der Waals surface area (Å²) in [5.74, 6) is 0.0712. The van der Waals surface area contributed by atoms with Crippen molar-refractivity contribution in [2.45, 2.75) is 32.4 Å². The second-order valence-corrected chi connectivity index (χ2v) is 7.45. The standard InChI is InChI=1S/C23H23F3N2O/c1-15-12-20(18-8-4-17(5-9-18)14-23(24,25)26)27-21-13-16(6-10-19(15)21)7-11-22(29)28(2)3/h4-6,8-10,12-13H,7,11,14H2,1-3H3. The highest BCUT2D eigenvalue weighted by molar-refractivity contribution is 5.85. The van der Waals surface area contributed by atoms with E-state index in [0.29, 0.717) is 12.8 Å². The van der Waals surface area contributed by atoms with Crippen LogP contribution in [0.15, 0.2) is 48.5 Å². The molecule has 3 rings (SSSR count). The molecule has 0 unspecified atom stereocenters. The van der Waals surface area contributed by atoms with E-state index < -0.39 is 12.6 Å². The molecule has 1 amide bonds. The Morgan fingerprint density at radius 2 is 1.66 bits per heavy atom. The van der Waals surface area contributed by atoms with E-state index in [1.165, 1.54) is 12.1 Å². The van der Waals surface area contributed by atoms with E-state index in [9.17, 15) is 18.0 Å². The number of halogens is 3. The van der Waals surface area contributed by atoms with Crippen LogP contribution in [0.3, 0.4) is 0 Å². The Balaban J connectivity index is 1.88. The van der Waals surface area contributed by atoms with E-state index in [1.807, 2.05) is 31.2 Å². The van der Waals surface area contributed by atoms with Gasteiger partial charge in [-0.1, -0.05) is 36.4 Å². The number of alkyl halides is 3. The summed E-state index contributed by atoms with van der Waals surface area (Å²) in [6.45, 7) is 1.99. The smallest absolute Gasteiger partial charge is 0.349 e. The van der Waals surface area contributed by atoms with E-state index in [0.717, 1.165) is 33.3 Å². The van der Waals surface area contributed by atoms with Crippen molar-refractivity contribution in [3.05, 3.63) is 65.2 Å². The lowest BCUT2D eigenvalue weighted by molar-refractivity contribution is -0.129. The van der Waals surface area contributed by atoms with Crippen molar-refractivity contribution in [2.24, 2.45) is 0 Å². The number of aryl methyl sites for hydroxylation is 2. The van der Waals surface area contributed by atoms with Gasteiger partial charge < -0.3 is 4.90 Å². The fraction of sp³-hybridized carbons (Fsp3) is 0.304. The molecule has 3 aromatic rings. The van der Waals surface area contributed by atoms with Gasteiger partial charge in [0.15, 0.2) is 0 Å². The Bertz CT molecular complexity index is 1020. The molecule has 0 aliphatic rings. The highest BCUT2D eigenvalue weighted by atomic mass is 19.4. The lowest BCUT2D eigenvalue weighted by Gasteiger charge is -2.11. The van der Waals surface area contributed by atoms with Gasteiger partial charge in [0.25, 0.3) is 0 Å². The van der Waals surface area contributed by atoms with Gasteiger partial charge in [-0.25, -0.2) is 4.98 Å². The first kappa shape index (κ1) is 20.8. The minimum atomic E-state index is -4.22. The number of amides is 1. The highest BCUT2D eigenvalue weighted by Gasteiger charge is 2.27. The Morgan fingerprint density at radius 1 is 1.00 bits per heavy atom. The molecule has 0 radical (unpaired) electrons. The Hall–Kier alpha value is -2.89. The van der Waals surface area contributed by atoms with Crippen molar-refractivity contribution in [1.29, 1.82) is 0 Å². The molecule has 29 heavy (non-hydrogen) atoms.